The van der Waals surface area contributed by atoms with E-state index in [9.17, 15) is 13.2 Å². The molecule has 1 amide bonds. The van der Waals surface area contributed by atoms with Crippen LogP contribution in [0, 0.1) is 12.8 Å². The van der Waals surface area contributed by atoms with Crippen molar-refractivity contribution in [1.29, 1.82) is 0 Å². The molecule has 0 radical (unpaired) electrons. The Kier molecular flexibility index (Phi) is 5.44. The monoisotopic (exact) mass is 345 g/mol. The standard InChI is InChI=1S/C14H20ClN3O3S/c1-10-4-2-6-12(13(10)15)14(19)18-7-3-5-11(9-18)8-17-22(16,20)21/h2,4,6,11,17H,3,5,7-9H2,1H3,(H2,16,20,21). The lowest BCUT2D eigenvalue weighted by molar-refractivity contribution is 0.0676. The number of carbonyl (C=O) groups excluding carboxylic acids is 1. The van der Waals surface area contributed by atoms with Crippen LogP contribution in [0.25, 0.3) is 0 Å². The minimum Gasteiger partial charge on any atom is -0.338 e. The van der Waals surface area contributed by atoms with Crippen molar-refractivity contribution in [2.75, 3.05) is 19.6 Å². The molecule has 1 aromatic carbocycles. The van der Waals surface area contributed by atoms with Crippen molar-refractivity contribution in [2.45, 2.75) is 19.8 Å². The summed E-state index contributed by atoms with van der Waals surface area (Å²) in [4.78, 5) is 14.3. The fraction of sp³-hybridized carbons (Fsp3) is 0.500. The second kappa shape index (κ2) is 6.95. The Labute approximate surface area is 135 Å². The summed E-state index contributed by atoms with van der Waals surface area (Å²) < 4.78 is 24.2. The van der Waals surface area contributed by atoms with E-state index in [1.165, 1.54) is 0 Å². The first-order chi connectivity index (χ1) is 10.3. The van der Waals surface area contributed by atoms with E-state index in [0.29, 0.717) is 23.7 Å². The Balaban J connectivity index is 2.05. The molecule has 1 atom stereocenters. The van der Waals surface area contributed by atoms with Gasteiger partial charge < -0.3 is 4.90 Å². The number of hydrogen-bond acceptors (Lipinski definition) is 3. The first-order valence-electron chi connectivity index (χ1n) is 7.09. The van der Waals surface area contributed by atoms with E-state index in [2.05, 4.69) is 4.72 Å². The zero-order chi connectivity index (χ0) is 16.3. The van der Waals surface area contributed by atoms with Gasteiger partial charge in [0.25, 0.3) is 16.1 Å². The molecule has 122 valence electrons. The molecule has 1 aliphatic heterocycles. The van der Waals surface area contributed by atoms with Crippen molar-refractivity contribution in [1.82, 2.24) is 9.62 Å². The zero-order valence-corrected chi connectivity index (χ0v) is 14.0. The molecule has 1 aliphatic rings. The number of nitrogens with one attached hydrogen (secondary N) is 1. The molecule has 0 aliphatic carbocycles. The lowest BCUT2D eigenvalue weighted by atomic mass is 9.97. The van der Waals surface area contributed by atoms with Crippen LogP contribution in [0.5, 0.6) is 0 Å². The van der Waals surface area contributed by atoms with Crippen LogP contribution in [0.15, 0.2) is 18.2 Å². The van der Waals surface area contributed by atoms with Gasteiger partial charge in [0.1, 0.15) is 0 Å². The van der Waals surface area contributed by atoms with Crippen LogP contribution < -0.4 is 9.86 Å². The molecular weight excluding hydrogens is 326 g/mol. The third-order valence-electron chi connectivity index (χ3n) is 3.80. The Morgan fingerprint density at radius 2 is 2.23 bits per heavy atom. The number of aryl methyl sites for hydroxylation is 1. The van der Waals surface area contributed by atoms with E-state index in [1.54, 1.807) is 17.0 Å². The molecule has 0 saturated carbocycles. The molecule has 0 aromatic heterocycles. The average Bonchev–Trinajstić information content (AvgIpc) is 2.47. The summed E-state index contributed by atoms with van der Waals surface area (Å²) in [5.74, 6) is -0.0615. The van der Waals surface area contributed by atoms with Crippen molar-refractivity contribution in [2.24, 2.45) is 11.1 Å². The third kappa shape index (κ3) is 4.42. The van der Waals surface area contributed by atoms with Gasteiger partial charge in [-0.2, -0.15) is 8.42 Å². The third-order valence-corrected chi connectivity index (χ3v) is 4.87. The van der Waals surface area contributed by atoms with Crippen LogP contribution in [0.2, 0.25) is 5.02 Å². The number of nitrogens with zero attached hydrogens (tertiary/aromatic N) is 1. The van der Waals surface area contributed by atoms with Crippen LogP contribution >= 0.6 is 11.6 Å². The zero-order valence-electron chi connectivity index (χ0n) is 12.4. The second-order valence-corrected chi connectivity index (χ2v) is 7.35. The lowest BCUT2D eigenvalue weighted by Gasteiger charge is -2.33. The normalized spacial score (nSPS) is 19.2. The molecule has 3 N–H and O–H groups in total. The van der Waals surface area contributed by atoms with Crippen molar-refractivity contribution in [3.05, 3.63) is 34.3 Å². The number of piperidine rings is 1. The molecule has 0 spiro atoms. The van der Waals surface area contributed by atoms with Gasteiger partial charge in [-0.15, -0.1) is 0 Å². The van der Waals surface area contributed by atoms with Gasteiger partial charge in [-0.1, -0.05) is 23.7 Å². The van der Waals surface area contributed by atoms with E-state index in [1.807, 2.05) is 13.0 Å². The minimum atomic E-state index is -3.70. The highest BCUT2D eigenvalue weighted by atomic mass is 35.5. The number of halogens is 1. The largest absolute Gasteiger partial charge is 0.338 e. The fourth-order valence-electron chi connectivity index (χ4n) is 2.63. The molecular formula is C14H20ClN3O3S. The number of carbonyl (C=O) groups is 1. The highest BCUT2D eigenvalue weighted by Crippen LogP contribution is 2.24. The summed E-state index contributed by atoms with van der Waals surface area (Å²) in [6, 6.07) is 5.37. The maximum absolute atomic E-state index is 12.6. The van der Waals surface area contributed by atoms with E-state index in [4.69, 9.17) is 16.7 Å². The first-order valence-corrected chi connectivity index (χ1v) is 9.02. The van der Waals surface area contributed by atoms with E-state index in [0.717, 1.165) is 18.4 Å². The smallest absolute Gasteiger partial charge is 0.274 e. The van der Waals surface area contributed by atoms with Gasteiger partial charge in [0.15, 0.2) is 0 Å². The highest BCUT2D eigenvalue weighted by Gasteiger charge is 2.26. The number of amides is 1. The first kappa shape index (κ1) is 17.2. The summed E-state index contributed by atoms with van der Waals surface area (Å²) >= 11 is 6.21. The molecule has 6 nitrogen and oxygen atoms in total. The predicted molar refractivity (Wildman–Crippen MR) is 85.9 cm³/mol. The fourth-order valence-corrected chi connectivity index (χ4v) is 3.31. The van der Waals surface area contributed by atoms with E-state index in [-0.39, 0.29) is 18.4 Å². The maximum atomic E-state index is 12.6. The van der Waals surface area contributed by atoms with Crippen LogP contribution in [0.3, 0.4) is 0 Å². The minimum absolute atomic E-state index is 0.0552. The van der Waals surface area contributed by atoms with Crippen molar-refractivity contribution >= 4 is 27.7 Å². The SMILES string of the molecule is Cc1cccc(C(=O)N2CCCC(CNS(N)(=O)=O)C2)c1Cl. The summed E-state index contributed by atoms with van der Waals surface area (Å²) in [6.45, 7) is 3.24. The van der Waals surface area contributed by atoms with Gasteiger partial charge in [-0.3, -0.25) is 4.79 Å². The van der Waals surface area contributed by atoms with Gasteiger partial charge in [0, 0.05) is 19.6 Å². The Morgan fingerprint density at radius 1 is 1.50 bits per heavy atom. The average molecular weight is 346 g/mol. The van der Waals surface area contributed by atoms with Crippen LogP contribution in [0.4, 0.5) is 0 Å². The lowest BCUT2D eigenvalue weighted by Crippen LogP contribution is -2.44. The molecule has 1 unspecified atom stereocenters. The number of hydrogen-bond donors (Lipinski definition) is 2. The number of benzene rings is 1. The number of likely N-dealkylation sites (tertiary alicyclic amines) is 1. The molecule has 2 rings (SSSR count). The Hall–Kier alpha value is -1.15. The van der Waals surface area contributed by atoms with Gasteiger partial charge in [-0.05, 0) is 37.3 Å². The van der Waals surface area contributed by atoms with Crippen LogP contribution in [0.1, 0.15) is 28.8 Å². The predicted octanol–water partition coefficient (Wildman–Crippen LogP) is 1.29. The number of nitrogens with two attached hydrogens (primary N) is 1. The summed E-state index contributed by atoms with van der Waals surface area (Å²) in [7, 11) is -3.70. The number of rotatable bonds is 4. The van der Waals surface area contributed by atoms with Gasteiger partial charge in [0.05, 0.1) is 10.6 Å². The topological polar surface area (TPSA) is 92.5 Å². The van der Waals surface area contributed by atoms with Gasteiger partial charge in [0.2, 0.25) is 0 Å². The molecule has 1 heterocycles. The highest BCUT2D eigenvalue weighted by molar-refractivity contribution is 7.87. The summed E-state index contributed by atoms with van der Waals surface area (Å²) in [5.41, 5.74) is 1.35. The molecule has 0 bridgehead atoms. The molecule has 1 aromatic rings. The van der Waals surface area contributed by atoms with Crippen molar-refractivity contribution in [3.63, 3.8) is 0 Å². The van der Waals surface area contributed by atoms with E-state index < -0.39 is 10.2 Å². The summed E-state index contributed by atoms with van der Waals surface area (Å²) in [6.07, 6.45) is 1.68. The maximum Gasteiger partial charge on any atom is 0.274 e. The Bertz CT molecular complexity index is 663. The van der Waals surface area contributed by atoms with Gasteiger partial charge in [-0.25, -0.2) is 9.86 Å². The van der Waals surface area contributed by atoms with Crippen LogP contribution in [-0.4, -0.2) is 38.9 Å². The van der Waals surface area contributed by atoms with E-state index >= 15 is 0 Å². The second-order valence-electron chi connectivity index (χ2n) is 5.59. The van der Waals surface area contributed by atoms with Crippen molar-refractivity contribution < 1.29 is 13.2 Å². The van der Waals surface area contributed by atoms with Crippen LogP contribution in [-0.2, 0) is 10.2 Å². The summed E-state index contributed by atoms with van der Waals surface area (Å²) in [5, 5.41) is 5.41. The molecule has 1 fully saturated rings. The Morgan fingerprint density at radius 3 is 2.91 bits per heavy atom. The quantitative estimate of drug-likeness (QED) is 0.861. The van der Waals surface area contributed by atoms with Crippen molar-refractivity contribution in [3.8, 4) is 0 Å². The van der Waals surface area contributed by atoms with Gasteiger partial charge >= 0.3 is 0 Å². The molecule has 1 saturated heterocycles. The molecule has 22 heavy (non-hydrogen) atoms. The molecule has 8 heteroatoms.